The van der Waals surface area contributed by atoms with Gasteiger partial charge in [-0.25, -0.2) is 13.2 Å². The zero-order valence-corrected chi connectivity index (χ0v) is 22.5. The topological polar surface area (TPSA) is 9.23 Å². The van der Waals surface area contributed by atoms with Gasteiger partial charge >= 0.3 is 0 Å². The van der Waals surface area contributed by atoms with E-state index in [0.717, 1.165) is 37.7 Å². The van der Waals surface area contributed by atoms with Crippen molar-refractivity contribution in [3.63, 3.8) is 0 Å². The normalized spacial score (nSPS) is 17.5. The fraction of sp³-hybridized carbons (Fsp3) is 0.412. The molecule has 0 spiro atoms. The molecular formula is C34H39F3O. The molecule has 1 fully saturated rings. The van der Waals surface area contributed by atoms with Gasteiger partial charge in [0.15, 0.2) is 11.6 Å². The summed E-state index contributed by atoms with van der Waals surface area (Å²) in [6, 6.07) is 15.6. The van der Waals surface area contributed by atoms with Gasteiger partial charge in [0.05, 0.1) is 12.7 Å². The lowest BCUT2D eigenvalue weighted by molar-refractivity contribution is 0.0328. The van der Waals surface area contributed by atoms with Gasteiger partial charge in [-0.1, -0.05) is 100 Å². The summed E-state index contributed by atoms with van der Waals surface area (Å²) >= 11 is 0. The van der Waals surface area contributed by atoms with Crippen molar-refractivity contribution in [1.29, 1.82) is 0 Å². The number of aryl methyl sites for hydroxylation is 1. The molecule has 4 heteroatoms. The van der Waals surface area contributed by atoms with E-state index < -0.39 is 11.6 Å². The van der Waals surface area contributed by atoms with Gasteiger partial charge < -0.3 is 4.74 Å². The van der Waals surface area contributed by atoms with Gasteiger partial charge in [-0.05, 0) is 54.0 Å². The Labute approximate surface area is 225 Å². The Morgan fingerprint density at radius 2 is 1.45 bits per heavy atom. The van der Waals surface area contributed by atoms with E-state index in [1.54, 1.807) is 48.5 Å². The maximum atomic E-state index is 15.1. The number of unbranched alkanes of at least 4 members (excludes halogenated alkanes) is 6. The number of rotatable bonds is 12. The lowest BCUT2D eigenvalue weighted by Gasteiger charge is -2.27. The molecule has 3 aromatic carbocycles. The summed E-state index contributed by atoms with van der Waals surface area (Å²) < 4.78 is 50.6. The van der Waals surface area contributed by atoms with Crippen molar-refractivity contribution in [3.05, 3.63) is 95.8 Å². The van der Waals surface area contributed by atoms with Crippen LogP contribution < -0.4 is 0 Å². The molecule has 2 atom stereocenters. The molecule has 1 nitrogen and oxygen atoms in total. The Bertz CT molecular complexity index is 1190. The van der Waals surface area contributed by atoms with Crippen LogP contribution in [0.5, 0.6) is 0 Å². The van der Waals surface area contributed by atoms with Crippen LogP contribution in [-0.2, 0) is 11.2 Å². The second-order valence-electron chi connectivity index (χ2n) is 10.5. The smallest absolute Gasteiger partial charge is 0.166 e. The number of benzene rings is 3. The number of ether oxygens (including phenoxy) is 1. The number of hydrogen-bond donors (Lipinski definition) is 0. The van der Waals surface area contributed by atoms with Crippen LogP contribution in [0.3, 0.4) is 0 Å². The molecule has 38 heavy (non-hydrogen) atoms. The molecule has 0 N–H and O–H groups in total. The van der Waals surface area contributed by atoms with Gasteiger partial charge in [-0.3, -0.25) is 0 Å². The fourth-order valence-electron chi connectivity index (χ4n) is 5.35. The maximum Gasteiger partial charge on any atom is 0.166 e. The van der Waals surface area contributed by atoms with Crippen molar-refractivity contribution in [1.82, 2.24) is 0 Å². The van der Waals surface area contributed by atoms with Crippen molar-refractivity contribution >= 4 is 0 Å². The Kier molecular flexibility index (Phi) is 10.2. The van der Waals surface area contributed by atoms with Gasteiger partial charge in [0.1, 0.15) is 5.82 Å². The number of halogens is 3. The summed E-state index contributed by atoms with van der Waals surface area (Å²) in [5.41, 5.74) is 3.34. The Morgan fingerprint density at radius 3 is 2.08 bits per heavy atom. The molecule has 0 aliphatic carbocycles. The van der Waals surface area contributed by atoms with Crippen molar-refractivity contribution in [2.75, 3.05) is 6.61 Å². The molecule has 0 radical (unpaired) electrons. The first kappa shape index (κ1) is 28.2. The highest BCUT2D eigenvalue weighted by atomic mass is 19.2. The summed E-state index contributed by atoms with van der Waals surface area (Å²) in [6.07, 6.45) is 12.2. The molecule has 0 saturated carbocycles. The quantitative estimate of drug-likeness (QED) is 0.170. The van der Waals surface area contributed by atoms with Crippen LogP contribution in [0.2, 0.25) is 0 Å². The lowest BCUT2D eigenvalue weighted by Crippen LogP contribution is -2.23. The van der Waals surface area contributed by atoms with Crippen molar-refractivity contribution < 1.29 is 17.9 Å². The molecule has 0 aromatic heterocycles. The molecule has 2 unspecified atom stereocenters. The Hall–Kier alpha value is -2.85. The minimum Gasteiger partial charge on any atom is -0.374 e. The Morgan fingerprint density at radius 1 is 0.789 bits per heavy atom. The van der Waals surface area contributed by atoms with Crippen LogP contribution in [0.1, 0.15) is 81.8 Å². The third-order valence-electron chi connectivity index (χ3n) is 7.76. The summed E-state index contributed by atoms with van der Waals surface area (Å²) in [5, 5.41) is 0. The van der Waals surface area contributed by atoms with Crippen LogP contribution in [0.15, 0.2) is 67.3 Å². The molecular weight excluding hydrogens is 481 g/mol. The van der Waals surface area contributed by atoms with E-state index in [-0.39, 0.29) is 23.4 Å². The van der Waals surface area contributed by atoms with Gasteiger partial charge in [-0.2, -0.15) is 0 Å². The van der Waals surface area contributed by atoms with E-state index in [9.17, 15) is 8.78 Å². The third-order valence-corrected chi connectivity index (χ3v) is 7.76. The molecule has 1 aliphatic rings. The van der Waals surface area contributed by atoms with Gasteiger partial charge in [0.25, 0.3) is 0 Å². The first-order valence-corrected chi connectivity index (χ1v) is 14.1. The minimum atomic E-state index is -0.817. The monoisotopic (exact) mass is 520 g/mol. The first-order valence-electron chi connectivity index (χ1n) is 14.1. The molecule has 0 amide bonds. The predicted octanol–water partition coefficient (Wildman–Crippen LogP) is 10.2. The average Bonchev–Trinajstić information content (AvgIpc) is 2.95. The average molecular weight is 521 g/mol. The van der Waals surface area contributed by atoms with E-state index in [0.29, 0.717) is 35.3 Å². The number of hydrogen-bond acceptors (Lipinski definition) is 1. The van der Waals surface area contributed by atoms with E-state index in [2.05, 4.69) is 13.5 Å². The third kappa shape index (κ3) is 6.96. The summed E-state index contributed by atoms with van der Waals surface area (Å²) in [5.74, 6) is -1.70. The maximum absolute atomic E-state index is 15.1. The lowest BCUT2D eigenvalue weighted by atomic mass is 9.90. The highest BCUT2D eigenvalue weighted by molar-refractivity contribution is 5.71. The van der Waals surface area contributed by atoms with Gasteiger partial charge in [0.2, 0.25) is 0 Å². The minimum absolute atomic E-state index is 0.0773. The van der Waals surface area contributed by atoms with Crippen molar-refractivity contribution in [2.24, 2.45) is 0 Å². The summed E-state index contributed by atoms with van der Waals surface area (Å²) in [4.78, 5) is 0. The van der Waals surface area contributed by atoms with Crippen LogP contribution >= 0.6 is 0 Å². The highest BCUT2D eigenvalue weighted by Crippen LogP contribution is 2.33. The second-order valence-corrected chi connectivity index (χ2v) is 10.5. The van der Waals surface area contributed by atoms with Gasteiger partial charge in [-0.15, -0.1) is 6.58 Å². The molecule has 202 valence electrons. The molecule has 1 aliphatic heterocycles. The summed E-state index contributed by atoms with van der Waals surface area (Å²) in [7, 11) is 0. The summed E-state index contributed by atoms with van der Waals surface area (Å²) in [6.45, 7) is 6.53. The van der Waals surface area contributed by atoms with Crippen LogP contribution in [0, 0.1) is 17.5 Å². The first-order chi connectivity index (χ1) is 18.5. The highest BCUT2D eigenvalue weighted by Gasteiger charge is 2.22. The van der Waals surface area contributed by atoms with Crippen LogP contribution in [0.25, 0.3) is 22.3 Å². The fourth-order valence-corrected chi connectivity index (χ4v) is 5.35. The molecule has 1 saturated heterocycles. The second kappa shape index (κ2) is 13.8. The molecule has 4 rings (SSSR count). The SMILES string of the molecule is C=CC1CCC(c2ccc(-c3ccc(-c4ccc(CCCCCCCCC)c(F)c4F)cc3)c(F)c2)CO1. The standard InChI is InChI=1S/C34H39F3O/c1-3-5-6-7-8-9-10-11-26-17-21-31(34(37)33(26)36)25-14-12-24(13-15-25)30-20-18-27(22-32(30)35)28-16-19-29(4-2)38-23-28/h4,12-15,17-18,20-22,28-29H,2-3,5-11,16,19,23H2,1H3. The molecule has 3 aromatic rings. The zero-order valence-electron chi connectivity index (χ0n) is 22.5. The Balaban J connectivity index is 1.39. The van der Waals surface area contributed by atoms with E-state index >= 15 is 4.39 Å². The largest absolute Gasteiger partial charge is 0.374 e. The van der Waals surface area contributed by atoms with Crippen LogP contribution in [-0.4, -0.2) is 12.7 Å². The van der Waals surface area contributed by atoms with Crippen LogP contribution in [0.4, 0.5) is 13.2 Å². The molecule has 1 heterocycles. The van der Waals surface area contributed by atoms with E-state index in [4.69, 9.17) is 4.74 Å². The molecule has 0 bridgehead atoms. The van der Waals surface area contributed by atoms with Gasteiger partial charge in [0, 0.05) is 17.0 Å². The zero-order chi connectivity index (χ0) is 26.9. The van der Waals surface area contributed by atoms with E-state index in [1.807, 2.05) is 12.1 Å². The van der Waals surface area contributed by atoms with E-state index in [1.165, 1.54) is 25.7 Å². The van der Waals surface area contributed by atoms with Crippen molar-refractivity contribution in [3.8, 4) is 22.3 Å². The van der Waals surface area contributed by atoms with Crippen molar-refractivity contribution in [2.45, 2.75) is 83.2 Å². The predicted molar refractivity (Wildman–Crippen MR) is 151 cm³/mol.